The van der Waals surface area contributed by atoms with E-state index in [1.54, 1.807) is 17.4 Å². The van der Waals surface area contributed by atoms with Crippen LogP contribution in [0.25, 0.3) is 0 Å². The van der Waals surface area contributed by atoms with E-state index in [0.717, 1.165) is 18.4 Å². The van der Waals surface area contributed by atoms with Crippen LogP contribution >= 0.6 is 11.3 Å². The zero-order valence-electron chi connectivity index (χ0n) is 12.1. The molecule has 1 aromatic rings. The molecule has 0 bridgehead atoms. The summed E-state index contributed by atoms with van der Waals surface area (Å²) in [6.45, 7) is 5.52. The minimum atomic E-state index is 0.0186. The van der Waals surface area contributed by atoms with Gasteiger partial charge < -0.3 is 14.4 Å². The van der Waals surface area contributed by atoms with Crippen LogP contribution in [0.4, 0.5) is 0 Å². The first-order valence-electron chi connectivity index (χ1n) is 7.44. The van der Waals surface area contributed by atoms with Crippen LogP contribution in [-0.4, -0.2) is 48.8 Å². The lowest BCUT2D eigenvalue weighted by atomic mass is 10.1. The van der Waals surface area contributed by atoms with E-state index in [1.807, 2.05) is 21.7 Å². The van der Waals surface area contributed by atoms with Crippen LogP contribution < -0.4 is 0 Å². The first-order chi connectivity index (χ1) is 10.3. The molecule has 1 aliphatic heterocycles. The molecule has 2 heterocycles. The molecule has 1 amide bonds. The highest BCUT2D eigenvalue weighted by atomic mass is 32.1. The summed E-state index contributed by atoms with van der Waals surface area (Å²) >= 11 is 1.63. The fourth-order valence-electron chi connectivity index (χ4n) is 3.26. The predicted molar refractivity (Wildman–Crippen MR) is 82.4 cm³/mol. The summed E-state index contributed by atoms with van der Waals surface area (Å²) in [5.41, 5.74) is 1.10. The van der Waals surface area contributed by atoms with Crippen molar-refractivity contribution in [1.82, 2.24) is 4.90 Å². The lowest BCUT2D eigenvalue weighted by molar-refractivity contribution is -0.150. The van der Waals surface area contributed by atoms with Crippen LogP contribution in [0, 0.1) is 0 Å². The molecule has 0 spiro atoms. The lowest BCUT2D eigenvalue weighted by Crippen LogP contribution is -2.54. The Hall–Kier alpha value is -1.17. The van der Waals surface area contributed by atoms with Crippen LogP contribution in [0.5, 0.6) is 0 Å². The number of hydrogen-bond acceptors (Lipinski definition) is 4. The molecular weight excluding hydrogens is 286 g/mol. The third kappa shape index (κ3) is 3.20. The highest BCUT2D eigenvalue weighted by Gasteiger charge is 2.44. The molecule has 1 saturated heterocycles. The second-order valence-electron chi connectivity index (χ2n) is 5.54. The molecule has 5 heteroatoms. The first-order valence-corrected chi connectivity index (χ1v) is 8.38. The Labute approximate surface area is 129 Å². The molecular formula is C16H21NO3S. The van der Waals surface area contributed by atoms with Gasteiger partial charge in [0.25, 0.3) is 0 Å². The first kappa shape index (κ1) is 14.8. The third-order valence-electron chi connectivity index (χ3n) is 4.22. The molecule has 1 aromatic heterocycles. The molecule has 2 aliphatic rings. The van der Waals surface area contributed by atoms with Gasteiger partial charge in [-0.3, -0.25) is 4.79 Å². The summed E-state index contributed by atoms with van der Waals surface area (Å²) in [4.78, 5) is 14.5. The molecule has 0 unspecified atom stereocenters. The van der Waals surface area contributed by atoms with E-state index in [-0.39, 0.29) is 24.2 Å². The molecule has 2 fully saturated rings. The molecule has 0 aromatic carbocycles. The maximum absolute atomic E-state index is 12.5. The number of hydrogen-bond donors (Lipinski definition) is 0. The van der Waals surface area contributed by atoms with Crippen LogP contribution in [0.2, 0.25) is 0 Å². The Morgan fingerprint density at radius 3 is 3.24 bits per heavy atom. The van der Waals surface area contributed by atoms with Crippen LogP contribution in [-0.2, 0) is 20.7 Å². The summed E-state index contributed by atoms with van der Waals surface area (Å²) in [5.74, 6) is 0.205. The number of nitrogens with zero attached hydrogens (tertiary/aromatic N) is 1. The van der Waals surface area contributed by atoms with E-state index in [1.165, 1.54) is 0 Å². The van der Waals surface area contributed by atoms with Gasteiger partial charge in [0, 0.05) is 6.54 Å². The van der Waals surface area contributed by atoms with Gasteiger partial charge in [-0.25, -0.2) is 0 Å². The molecule has 0 N–H and O–H groups in total. The second-order valence-corrected chi connectivity index (χ2v) is 6.32. The smallest absolute Gasteiger partial charge is 0.227 e. The topological polar surface area (TPSA) is 38.8 Å². The minimum Gasteiger partial charge on any atom is -0.372 e. The van der Waals surface area contributed by atoms with Crippen LogP contribution in [0.15, 0.2) is 29.5 Å². The number of fused-ring (bicyclic) bond motifs is 1. The number of thiophene rings is 1. The average molecular weight is 307 g/mol. The van der Waals surface area contributed by atoms with Crippen molar-refractivity contribution < 1.29 is 14.3 Å². The molecule has 1 aliphatic carbocycles. The molecule has 1 saturated carbocycles. The Morgan fingerprint density at radius 1 is 1.57 bits per heavy atom. The lowest BCUT2D eigenvalue weighted by Gasteiger charge is -2.39. The Balaban J connectivity index is 1.64. The quantitative estimate of drug-likeness (QED) is 0.783. The van der Waals surface area contributed by atoms with Crippen LogP contribution in [0.3, 0.4) is 0 Å². The summed E-state index contributed by atoms with van der Waals surface area (Å²) in [7, 11) is 0. The largest absolute Gasteiger partial charge is 0.372 e. The van der Waals surface area contributed by atoms with Gasteiger partial charge in [-0.05, 0) is 35.2 Å². The molecule has 3 rings (SSSR count). The van der Waals surface area contributed by atoms with Gasteiger partial charge in [-0.15, -0.1) is 6.58 Å². The van der Waals surface area contributed by atoms with Gasteiger partial charge in [-0.1, -0.05) is 6.08 Å². The van der Waals surface area contributed by atoms with Gasteiger partial charge in [-0.2, -0.15) is 11.3 Å². The van der Waals surface area contributed by atoms with E-state index in [2.05, 4.69) is 6.58 Å². The Bertz CT molecular complexity index is 488. The van der Waals surface area contributed by atoms with Crippen molar-refractivity contribution in [3.05, 3.63) is 35.0 Å². The van der Waals surface area contributed by atoms with Crippen molar-refractivity contribution in [2.45, 2.75) is 37.5 Å². The highest BCUT2D eigenvalue weighted by molar-refractivity contribution is 7.07. The van der Waals surface area contributed by atoms with Crippen molar-refractivity contribution in [3.8, 4) is 0 Å². The number of carbonyl (C=O) groups excluding carboxylic acids is 1. The van der Waals surface area contributed by atoms with E-state index < -0.39 is 0 Å². The Kier molecular flexibility index (Phi) is 4.73. The van der Waals surface area contributed by atoms with Gasteiger partial charge in [0.1, 0.15) is 6.10 Å². The number of morpholine rings is 1. The molecule has 21 heavy (non-hydrogen) atoms. The van der Waals surface area contributed by atoms with Gasteiger partial charge in [0.15, 0.2) is 0 Å². The molecule has 0 radical (unpaired) electrons. The van der Waals surface area contributed by atoms with Gasteiger partial charge in [0.2, 0.25) is 5.91 Å². The SMILES string of the molecule is C=CCO[C@@H]1CC[C@@H]2[C@H]1OCCN2C(=O)Cc1ccsc1. The second kappa shape index (κ2) is 6.73. The van der Waals surface area contributed by atoms with Crippen LogP contribution in [0.1, 0.15) is 18.4 Å². The number of amides is 1. The predicted octanol–water partition coefficient (Wildman–Crippen LogP) is 2.25. The fourth-order valence-corrected chi connectivity index (χ4v) is 3.93. The van der Waals surface area contributed by atoms with Crippen molar-refractivity contribution in [2.75, 3.05) is 19.8 Å². The molecule has 4 nitrogen and oxygen atoms in total. The summed E-state index contributed by atoms with van der Waals surface area (Å²) in [5, 5.41) is 4.06. The van der Waals surface area contributed by atoms with Crippen molar-refractivity contribution in [2.24, 2.45) is 0 Å². The summed E-state index contributed by atoms with van der Waals surface area (Å²) in [6, 6.07) is 2.19. The van der Waals surface area contributed by atoms with Crippen molar-refractivity contribution in [1.29, 1.82) is 0 Å². The zero-order valence-corrected chi connectivity index (χ0v) is 12.9. The minimum absolute atomic E-state index is 0.0186. The maximum Gasteiger partial charge on any atom is 0.227 e. The zero-order chi connectivity index (χ0) is 14.7. The molecule has 3 atom stereocenters. The summed E-state index contributed by atoms with van der Waals surface area (Å²) in [6.07, 6.45) is 4.27. The Morgan fingerprint density at radius 2 is 2.48 bits per heavy atom. The highest BCUT2D eigenvalue weighted by Crippen LogP contribution is 2.32. The van der Waals surface area contributed by atoms with E-state index in [0.29, 0.717) is 26.2 Å². The number of ether oxygens (including phenoxy) is 2. The van der Waals surface area contributed by atoms with E-state index in [9.17, 15) is 4.79 Å². The van der Waals surface area contributed by atoms with Crippen molar-refractivity contribution in [3.63, 3.8) is 0 Å². The standard InChI is InChI=1S/C16H21NO3S/c1-2-7-19-14-4-3-13-16(14)20-8-6-17(13)15(18)10-12-5-9-21-11-12/h2,5,9,11,13-14,16H,1,3-4,6-8,10H2/t13-,14-,16-/m1/s1. The van der Waals surface area contributed by atoms with E-state index >= 15 is 0 Å². The fraction of sp³-hybridized carbons (Fsp3) is 0.562. The number of rotatable bonds is 5. The van der Waals surface area contributed by atoms with Crippen molar-refractivity contribution >= 4 is 17.2 Å². The van der Waals surface area contributed by atoms with Gasteiger partial charge in [0.05, 0.1) is 31.8 Å². The summed E-state index contributed by atoms with van der Waals surface area (Å²) < 4.78 is 11.7. The van der Waals surface area contributed by atoms with E-state index in [4.69, 9.17) is 9.47 Å². The number of carbonyl (C=O) groups is 1. The monoisotopic (exact) mass is 307 g/mol. The normalized spacial score (nSPS) is 28.4. The van der Waals surface area contributed by atoms with Gasteiger partial charge >= 0.3 is 0 Å². The average Bonchev–Trinajstić information content (AvgIpc) is 3.14. The maximum atomic E-state index is 12.5. The molecule has 114 valence electrons. The third-order valence-corrected chi connectivity index (χ3v) is 4.95.